The Morgan fingerprint density at radius 3 is 2.45 bits per heavy atom. The summed E-state index contributed by atoms with van der Waals surface area (Å²) in [6.45, 7) is 8.60. The fourth-order valence-corrected chi connectivity index (χ4v) is 4.08. The minimum Gasteiger partial charge on any atom is -0.298 e. The Labute approximate surface area is 174 Å². The molecule has 0 saturated heterocycles. The first-order valence-corrected chi connectivity index (χ1v) is 10.3. The molecule has 4 aromatic rings. The Morgan fingerprint density at radius 1 is 1.03 bits per heavy atom. The number of rotatable bonds is 7. The summed E-state index contributed by atoms with van der Waals surface area (Å²) in [5, 5.41) is 14.2. The van der Waals surface area contributed by atoms with Crippen LogP contribution in [0.15, 0.2) is 72.7 Å². The van der Waals surface area contributed by atoms with Crippen LogP contribution in [0.2, 0.25) is 0 Å². The lowest BCUT2D eigenvalue weighted by Gasteiger charge is -2.08. The molecule has 0 aliphatic carbocycles. The van der Waals surface area contributed by atoms with Crippen molar-refractivity contribution in [1.82, 2.24) is 29.5 Å². The van der Waals surface area contributed by atoms with E-state index >= 15 is 0 Å². The number of pyridine rings is 1. The van der Waals surface area contributed by atoms with Gasteiger partial charge in [-0.2, -0.15) is 5.10 Å². The molecule has 0 atom stereocenters. The molecule has 3 aromatic heterocycles. The van der Waals surface area contributed by atoms with Gasteiger partial charge in [-0.3, -0.25) is 9.55 Å². The van der Waals surface area contributed by atoms with Crippen molar-refractivity contribution in [3.05, 3.63) is 84.5 Å². The van der Waals surface area contributed by atoms with Crippen LogP contribution >= 0.6 is 11.8 Å². The van der Waals surface area contributed by atoms with E-state index in [-0.39, 0.29) is 0 Å². The molecule has 0 radical (unpaired) electrons. The van der Waals surface area contributed by atoms with Crippen LogP contribution in [0.25, 0.3) is 17.1 Å². The Hall–Kier alpha value is -3.19. The van der Waals surface area contributed by atoms with Crippen molar-refractivity contribution in [2.45, 2.75) is 31.3 Å². The second-order valence-corrected chi connectivity index (χ2v) is 7.68. The maximum Gasteiger partial charge on any atom is 0.192 e. The normalized spacial score (nSPS) is 11.0. The molecule has 7 heteroatoms. The minimum absolute atomic E-state index is 0.657. The fourth-order valence-electron chi connectivity index (χ4n) is 3.18. The molecule has 0 saturated carbocycles. The highest BCUT2D eigenvalue weighted by Gasteiger charge is 2.13. The van der Waals surface area contributed by atoms with Crippen LogP contribution in [0.3, 0.4) is 0 Å². The standard InChI is InChI=1S/C22H22N6S/c1-4-13-27-21(19-9-11-23-12-10-19)24-25-22(27)29-15-18-5-7-20(8-6-18)28-17(3)14-16(2)26-28/h4-12,14H,1,13,15H2,2-3H3. The van der Waals surface area contributed by atoms with Gasteiger partial charge in [-0.15, -0.1) is 16.8 Å². The molecule has 29 heavy (non-hydrogen) atoms. The van der Waals surface area contributed by atoms with Gasteiger partial charge in [0.05, 0.1) is 11.4 Å². The maximum absolute atomic E-state index is 4.54. The number of nitrogens with zero attached hydrogens (tertiary/aromatic N) is 6. The summed E-state index contributed by atoms with van der Waals surface area (Å²) in [5.41, 5.74) is 5.44. The number of hydrogen-bond acceptors (Lipinski definition) is 5. The Morgan fingerprint density at radius 2 is 1.79 bits per heavy atom. The minimum atomic E-state index is 0.657. The summed E-state index contributed by atoms with van der Waals surface area (Å²) in [5.74, 6) is 1.64. The predicted octanol–water partition coefficient (Wildman–Crippen LogP) is 4.62. The lowest BCUT2D eigenvalue weighted by molar-refractivity contribution is 0.731. The van der Waals surface area contributed by atoms with E-state index < -0.39 is 0 Å². The van der Waals surface area contributed by atoms with E-state index in [1.54, 1.807) is 24.2 Å². The highest BCUT2D eigenvalue weighted by Crippen LogP contribution is 2.26. The van der Waals surface area contributed by atoms with Crippen molar-refractivity contribution < 1.29 is 0 Å². The topological polar surface area (TPSA) is 61.4 Å². The predicted molar refractivity (Wildman–Crippen MR) is 116 cm³/mol. The Balaban J connectivity index is 1.51. The van der Waals surface area contributed by atoms with Crippen molar-refractivity contribution in [2.75, 3.05) is 0 Å². The largest absolute Gasteiger partial charge is 0.298 e. The molecule has 3 heterocycles. The zero-order valence-corrected chi connectivity index (χ0v) is 17.3. The van der Waals surface area contributed by atoms with Gasteiger partial charge in [0.25, 0.3) is 0 Å². The molecule has 0 bridgehead atoms. The Bertz CT molecular complexity index is 1110. The van der Waals surface area contributed by atoms with Crippen LogP contribution in [-0.2, 0) is 12.3 Å². The molecule has 6 nitrogen and oxygen atoms in total. The molecule has 4 rings (SSSR count). The van der Waals surface area contributed by atoms with E-state index in [9.17, 15) is 0 Å². The molecule has 0 aliphatic heterocycles. The summed E-state index contributed by atoms with van der Waals surface area (Å²) in [7, 11) is 0. The van der Waals surface area contributed by atoms with E-state index in [2.05, 4.69) is 68.7 Å². The van der Waals surface area contributed by atoms with Crippen LogP contribution in [-0.4, -0.2) is 29.5 Å². The van der Waals surface area contributed by atoms with Crippen molar-refractivity contribution >= 4 is 11.8 Å². The van der Waals surface area contributed by atoms with Gasteiger partial charge in [0, 0.05) is 35.9 Å². The number of thioether (sulfide) groups is 1. The van der Waals surface area contributed by atoms with E-state index in [1.165, 1.54) is 5.56 Å². The molecule has 0 fully saturated rings. The monoisotopic (exact) mass is 402 g/mol. The summed E-state index contributed by atoms with van der Waals surface area (Å²) in [6.07, 6.45) is 5.39. The van der Waals surface area contributed by atoms with Crippen LogP contribution in [0.1, 0.15) is 17.0 Å². The molecule has 0 amide bonds. The van der Waals surface area contributed by atoms with Gasteiger partial charge in [-0.25, -0.2) is 4.68 Å². The molecule has 0 unspecified atom stereocenters. The zero-order chi connectivity index (χ0) is 20.2. The van der Waals surface area contributed by atoms with Crippen LogP contribution in [0.5, 0.6) is 0 Å². The molecule has 0 aliphatic rings. The number of aromatic nitrogens is 6. The quantitative estimate of drug-likeness (QED) is 0.333. The summed E-state index contributed by atoms with van der Waals surface area (Å²) >= 11 is 1.67. The van der Waals surface area contributed by atoms with Gasteiger partial charge in [0.15, 0.2) is 11.0 Å². The molecule has 0 N–H and O–H groups in total. The van der Waals surface area contributed by atoms with Gasteiger partial charge in [0.1, 0.15) is 0 Å². The first kappa shape index (κ1) is 19.1. The average molecular weight is 403 g/mol. The smallest absolute Gasteiger partial charge is 0.192 e. The number of benzene rings is 1. The summed E-state index contributed by atoms with van der Waals surface area (Å²) < 4.78 is 4.05. The first-order valence-electron chi connectivity index (χ1n) is 9.35. The second-order valence-electron chi connectivity index (χ2n) is 6.74. The van der Waals surface area contributed by atoms with E-state index in [1.807, 2.05) is 29.8 Å². The van der Waals surface area contributed by atoms with Crippen molar-refractivity contribution in [2.24, 2.45) is 0 Å². The third-order valence-electron chi connectivity index (χ3n) is 4.53. The average Bonchev–Trinajstić information content (AvgIpc) is 3.30. The zero-order valence-electron chi connectivity index (χ0n) is 16.5. The summed E-state index contributed by atoms with van der Waals surface area (Å²) in [4.78, 5) is 4.08. The van der Waals surface area contributed by atoms with Gasteiger partial charge >= 0.3 is 0 Å². The summed E-state index contributed by atoms with van der Waals surface area (Å²) in [6, 6.07) is 14.4. The van der Waals surface area contributed by atoms with E-state index in [0.717, 1.165) is 39.4 Å². The molecular weight excluding hydrogens is 380 g/mol. The van der Waals surface area contributed by atoms with Crippen LogP contribution in [0.4, 0.5) is 0 Å². The van der Waals surface area contributed by atoms with E-state index in [0.29, 0.717) is 6.54 Å². The highest BCUT2D eigenvalue weighted by molar-refractivity contribution is 7.98. The van der Waals surface area contributed by atoms with Crippen LogP contribution in [0, 0.1) is 13.8 Å². The first-order chi connectivity index (χ1) is 14.2. The second kappa shape index (κ2) is 8.45. The SMILES string of the molecule is C=CCn1c(SCc2ccc(-n3nc(C)cc3C)cc2)nnc1-c1ccncc1. The van der Waals surface area contributed by atoms with Crippen LogP contribution < -0.4 is 0 Å². The van der Waals surface area contributed by atoms with Gasteiger partial charge in [-0.1, -0.05) is 30.0 Å². The van der Waals surface area contributed by atoms with E-state index in [4.69, 9.17) is 0 Å². The number of allylic oxidation sites excluding steroid dienone is 1. The Kier molecular flexibility index (Phi) is 5.57. The van der Waals surface area contributed by atoms with Crippen molar-refractivity contribution in [1.29, 1.82) is 0 Å². The van der Waals surface area contributed by atoms with Gasteiger partial charge in [0.2, 0.25) is 0 Å². The molecule has 1 aromatic carbocycles. The van der Waals surface area contributed by atoms with Gasteiger partial charge < -0.3 is 0 Å². The van der Waals surface area contributed by atoms with Crippen molar-refractivity contribution in [3.63, 3.8) is 0 Å². The fraction of sp³-hybridized carbons (Fsp3) is 0.182. The third-order valence-corrected chi connectivity index (χ3v) is 5.56. The molecule has 146 valence electrons. The molecule has 0 spiro atoms. The molecular formula is C22H22N6S. The highest BCUT2D eigenvalue weighted by atomic mass is 32.2. The lowest BCUT2D eigenvalue weighted by Crippen LogP contribution is -2.01. The number of hydrogen-bond donors (Lipinski definition) is 0. The number of aryl methyl sites for hydroxylation is 2. The maximum atomic E-state index is 4.54. The van der Waals surface area contributed by atoms with Crippen molar-refractivity contribution in [3.8, 4) is 17.1 Å². The lowest BCUT2D eigenvalue weighted by atomic mass is 10.2. The van der Waals surface area contributed by atoms with Gasteiger partial charge in [-0.05, 0) is 49.7 Å². The third kappa shape index (κ3) is 4.14.